The lowest BCUT2D eigenvalue weighted by atomic mass is 9.95. The average molecular weight is 310 g/mol. The molecule has 0 atom stereocenters. The summed E-state index contributed by atoms with van der Waals surface area (Å²) in [6.07, 6.45) is 3.91. The predicted octanol–water partition coefficient (Wildman–Crippen LogP) is 1.66. The minimum Gasteiger partial charge on any atom is -0.496 e. The van der Waals surface area contributed by atoms with Crippen molar-refractivity contribution in [2.75, 3.05) is 26.7 Å². The first kappa shape index (κ1) is 14.8. The molecule has 2 fully saturated rings. The van der Waals surface area contributed by atoms with Crippen LogP contribution in [0.1, 0.15) is 31.2 Å². The van der Waals surface area contributed by atoms with Gasteiger partial charge in [-0.3, -0.25) is 0 Å². The van der Waals surface area contributed by atoms with Crippen molar-refractivity contribution in [1.82, 2.24) is 9.03 Å². The molecule has 0 radical (unpaired) electrons. The maximum atomic E-state index is 12.3. The van der Waals surface area contributed by atoms with E-state index >= 15 is 0 Å². The van der Waals surface area contributed by atoms with Crippen LogP contribution < -0.4 is 9.46 Å². The highest BCUT2D eigenvalue weighted by Crippen LogP contribution is 2.50. The quantitative estimate of drug-likeness (QED) is 0.869. The van der Waals surface area contributed by atoms with Crippen LogP contribution in [0.5, 0.6) is 5.75 Å². The molecule has 2 aliphatic rings. The van der Waals surface area contributed by atoms with Crippen LogP contribution in [-0.2, 0) is 15.6 Å². The van der Waals surface area contributed by atoms with E-state index < -0.39 is 10.2 Å². The summed E-state index contributed by atoms with van der Waals surface area (Å²) in [5, 5.41) is 0. The zero-order valence-electron chi connectivity index (χ0n) is 12.3. The summed E-state index contributed by atoms with van der Waals surface area (Å²) in [7, 11) is -1.68. The van der Waals surface area contributed by atoms with E-state index in [-0.39, 0.29) is 5.41 Å². The van der Waals surface area contributed by atoms with Gasteiger partial charge >= 0.3 is 0 Å². The van der Waals surface area contributed by atoms with Crippen molar-refractivity contribution in [3.05, 3.63) is 29.8 Å². The smallest absolute Gasteiger partial charge is 0.279 e. The molecule has 1 aliphatic carbocycles. The van der Waals surface area contributed by atoms with Gasteiger partial charge in [-0.1, -0.05) is 18.2 Å². The maximum absolute atomic E-state index is 12.3. The minimum absolute atomic E-state index is 0.0978. The molecular formula is C15H22N2O3S. The number of ether oxygens (including phenoxy) is 1. The topological polar surface area (TPSA) is 58.6 Å². The third-order valence-electron chi connectivity index (χ3n) is 4.53. The number of benzene rings is 1. The molecule has 0 unspecified atom stereocenters. The van der Waals surface area contributed by atoms with Crippen molar-refractivity contribution in [3.63, 3.8) is 0 Å². The standard InChI is InChI=1S/C15H22N2O3S/c1-20-14-7-3-2-6-13(14)15(8-9-15)12-16-21(18,19)17-10-4-5-11-17/h2-3,6-7,16H,4-5,8-12H2,1H3. The summed E-state index contributed by atoms with van der Waals surface area (Å²) in [5.41, 5.74) is 1.01. The summed E-state index contributed by atoms with van der Waals surface area (Å²) < 4.78 is 34.3. The lowest BCUT2D eigenvalue weighted by Gasteiger charge is -2.22. The fourth-order valence-electron chi connectivity index (χ4n) is 3.02. The van der Waals surface area contributed by atoms with Crippen LogP contribution >= 0.6 is 0 Å². The maximum Gasteiger partial charge on any atom is 0.279 e. The normalized spacial score (nSPS) is 21.4. The van der Waals surface area contributed by atoms with Crippen LogP contribution in [0.3, 0.4) is 0 Å². The van der Waals surface area contributed by atoms with E-state index in [0.29, 0.717) is 19.6 Å². The summed E-state index contributed by atoms with van der Waals surface area (Å²) in [5.74, 6) is 0.843. The number of hydrogen-bond donors (Lipinski definition) is 1. The molecule has 1 heterocycles. The number of rotatable bonds is 6. The Labute approximate surface area is 126 Å². The van der Waals surface area contributed by atoms with Gasteiger partial charge in [0.05, 0.1) is 7.11 Å². The van der Waals surface area contributed by atoms with Gasteiger partial charge in [-0.15, -0.1) is 0 Å². The van der Waals surface area contributed by atoms with Crippen molar-refractivity contribution in [3.8, 4) is 5.75 Å². The Morgan fingerprint density at radius 1 is 1.24 bits per heavy atom. The van der Waals surface area contributed by atoms with Crippen molar-refractivity contribution < 1.29 is 13.2 Å². The number of nitrogens with one attached hydrogen (secondary N) is 1. The number of hydrogen-bond acceptors (Lipinski definition) is 3. The van der Waals surface area contributed by atoms with Crippen molar-refractivity contribution >= 4 is 10.2 Å². The molecule has 0 aromatic heterocycles. The van der Waals surface area contributed by atoms with E-state index in [0.717, 1.165) is 37.0 Å². The monoisotopic (exact) mass is 310 g/mol. The van der Waals surface area contributed by atoms with E-state index in [1.165, 1.54) is 0 Å². The summed E-state index contributed by atoms with van der Waals surface area (Å²) in [6.45, 7) is 1.72. The highest BCUT2D eigenvalue weighted by Gasteiger charge is 2.46. The lowest BCUT2D eigenvalue weighted by molar-refractivity contribution is 0.402. The molecule has 6 heteroatoms. The van der Waals surface area contributed by atoms with Crippen LogP contribution in [0.4, 0.5) is 0 Å². The van der Waals surface area contributed by atoms with E-state index in [1.54, 1.807) is 11.4 Å². The molecule has 1 aromatic rings. The molecule has 5 nitrogen and oxygen atoms in total. The van der Waals surface area contributed by atoms with Crippen molar-refractivity contribution in [1.29, 1.82) is 0 Å². The van der Waals surface area contributed by atoms with Gasteiger partial charge in [-0.2, -0.15) is 12.7 Å². The van der Waals surface area contributed by atoms with Crippen LogP contribution in [0.15, 0.2) is 24.3 Å². The Morgan fingerprint density at radius 3 is 2.52 bits per heavy atom. The number of methoxy groups -OCH3 is 1. The van der Waals surface area contributed by atoms with E-state index in [9.17, 15) is 8.42 Å². The van der Waals surface area contributed by atoms with E-state index in [2.05, 4.69) is 4.72 Å². The Morgan fingerprint density at radius 2 is 1.90 bits per heavy atom. The van der Waals surface area contributed by atoms with Gasteiger partial charge in [0.2, 0.25) is 0 Å². The predicted molar refractivity (Wildman–Crippen MR) is 81.6 cm³/mol. The first-order valence-corrected chi connectivity index (χ1v) is 8.90. The second kappa shape index (κ2) is 5.59. The van der Waals surface area contributed by atoms with Gasteiger partial charge in [-0.05, 0) is 31.7 Å². The minimum atomic E-state index is -3.34. The van der Waals surface area contributed by atoms with Gasteiger partial charge in [0, 0.05) is 30.6 Å². The first-order chi connectivity index (χ1) is 10.1. The Hall–Kier alpha value is -1.11. The molecule has 1 aromatic carbocycles. The lowest BCUT2D eigenvalue weighted by Crippen LogP contribution is -2.42. The van der Waals surface area contributed by atoms with Gasteiger partial charge in [0.25, 0.3) is 10.2 Å². The average Bonchev–Trinajstić information content (AvgIpc) is 3.07. The van der Waals surface area contributed by atoms with Crippen molar-refractivity contribution in [2.45, 2.75) is 31.1 Å². The largest absolute Gasteiger partial charge is 0.496 e. The van der Waals surface area contributed by atoms with Gasteiger partial charge in [-0.25, -0.2) is 4.72 Å². The zero-order valence-corrected chi connectivity index (χ0v) is 13.2. The molecule has 1 aliphatic heterocycles. The van der Waals surface area contributed by atoms with Crippen LogP contribution in [0, 0.1) is 0 Å². The SMILES string of the molecule is COc1ccccc1C1(CNS(=O)(=O)N2CCCC2)CC1. The molecule has 21 heavy (non-hydrogen) atoms. The Kier molecular flexibility index (Phi) is 3.94. The summed E-state index contributed by atoms with van der Waals surface area (Å²) in [6, 6.07) is 7.89. The summed E-state index contributed by atoms with van der Waals surface area (Å²) >= 11 is 0. The van der Waals surface area contributed by atoms with Gasteiger partial charge in [0.15, 0.2) is 0 Å². The third-order valence-corrected chi connectivity index (χ3v) is 6.08. The molecule has 1 N–H and O–H groups in total. The highest BCUT2D eigenvalue weighted by molar-refractivity contribution is 7.87. The molecule has 0 bridgehead atoms. The Balaban J connectivity index is 1.72. The number of nitrogens with zero attached hydrogens (tertiary/aromatic N) is 1. The molecule has 3 rings (SSSR count). The zero-order chi connectivity index (χ0) is 14.9. The van der Waals surface area contributed by atoms with Crippen LogP contribution in [0.2, 0.25) is 0 Å². The van der Waals surface area contributed by atoms with E-state index in [4.69, 9.17) is 4.74 Å². The van der Waals surface area contributed by atoms with Gasteiger partial charge in [0.1, 0.15) is 5.75 Å². The molecule has 0 spiro atoms. The third kappa shape index (κ3) is 2.93. The first-order valence-electron chi connectivity index (χ1n) is 7.46. The number of para-hydroxylation sites is 1. The highest BCUT2D eigenvalue weighted by atomic mass is 32.2. The summed E-state index contributed by atoms with van der Waals surface area (Å²) in [4.78, 5) is 0. The molecule has 1 saturated heterocycles. The molecule has 0 amide bonds. The molecule has 116 valence electrons. The second-order valence-corrected chi connectivity index (χ2v) is 7.67. The molecule has 1 saturated carbocycles. The van der Waals surface area contributed by atoms with Crippen molar-refractivity contribution in [2.24, 2.45) is 0 Å². The van der Waals surface area contributed by atoms with Gasteiger partial charge < -0.3 is 4.74 Å². The molecular weight excluding hydrogens is 288 g/mol. The Bertz CT molecular complexity index is 605. The fraction of sp³-hybridized carbons (Fsp3) is 0.600. The van der Waals surface area contributed by atoms with Crippen LogP contribution in [0.25, 0.3) is 0 Å². The fourth-order valence-corrected chi connectivity index (χ4v) is 4.40. The van der Waals surface area contributed by atoms with E-state index in [1.807, 2.05) is 24.3 Å². The second-order valence-electron chi connectivity index (χ2n) is 5.91. The van der Waals surface area contributed by atoms with Crippen LogP contribution in [-0.4, -0.2) is 39.5 Å².